The van der Waals surface area contributed by atoms with E-state index >= 15 is 0 Å². The number of aliphatic hydroxyl groups excluding tert-OH is 1. The van der Waals surface area contributed by atoms with Gasteiger partial charge in [0.2, 0.25) is 0 Å². The van der Waals surface area contributed by atoms with Crippen molar-refractivity contribution in [1.82, 2.24) is 10.3 Å². The summed E-state index contributed by atoms with van der Waals surface area (Å²) in [4.78, 5) is 15.7. The van der Waals surface area contributed by atoms with Crippen molar-refractivity contribution in [2.75, 3.05) is 6.61 Å². The maximum Gasteiger partial charge on any atom is 0.254 e. The van der Waals surface area contributed by atoms with Gasteiger partial charge in [-0.15, -0.1) is 0 Å². The number of benzene rings is 1. The largest absolute Gasteiger partial charge is 0.467 e. The lowest BCUT2D eigenvalue weighted by Crippen LogP contribution is -2.30. The minimum absolute atomic E-state index is 0.222. The number of amides is 1. The van der Waals surface area contributed by atoms with Crippen LogP contribution in [-0.2, 0) is 0 Å². The number of carbonyl (C=O) groups excluding carboxylic acids is 1. The van der Waals surface area contributed by atoms with Crippen LogP contribution in [0, 0.1) is 6.92 Å². The van der Waals surface area contributed by atoms with Gasteiger partial charge in [-0.25, -0.2) is 0 Å². The van der Waals surface area contributed by atoms with E-state index in [-0.39, 0.29) is 12.5 Å². The Bertz CT molecular complexity index is 759. The molecule has 3 N–H and O–H groups in total. The van der Waals surface area contributed by atoms with Crippen LogP contribution in [-0.4, -0.2) is 22.6 Å². The Morgan fingerprint density at radius 3 is 2.86 bits per heavy atom. The van der Waals surface area contributed by atoms with Crippen LogP contribution in [0.15, 0.2) is 47.1 Å². The quantitative estimate of drug-likeness (QED) is 0.689. The summed E-state index contributed by atoms with van der Waals surface area (Å²) in [7, 11) is 0. The molecule has 1 aromatic carbocycles. The molecule has 2 aromatic heterocycles. The van der Waals surface area contributed by atoms with E-state index < -0.39 is 6.04 Å². The van der Waals surface area contributed by atoms with Crippen molar-refractivity contribution >= 4 is 16.8 Å². The first-order chi connectivity index (χ1) is 10.2. The number of hydrogen-bond donors (Lipinski definition) is 3. The molecule has 0 fully saturated rings. The standard InChI is InChI=1S/C16H16N2O3/c1-10-15(11-5-2-3-6-12(11)17-10)16(20)18-13(9-19)14-7-4-8-21-14/h2-8,13,17,19H,9H2,1H3,(H,18,20). The smallest absolute Gasteiger partial charge is 0.254 e. The fourth-order valence-electron chi connectivity index (χ4n) is 2.50. The van der Waals surface area contributed by atoms with Crippen molar-refractivity contribution in [1.29, 1.82) is 0 Å². The van der Waals surface area contributed by atoms with Gasteiger partial charge in [-0.2, -0.15) is 0 Å². The summed E-state index contributed by atoms with van der Waals surface area (Å²) in [5.74, 6) is 0.295. The third-order valence-electron chi connectivity index (χ3n) is 3.50. The Morgan fingerprint density at radius 2 is 2.14 bits per heavy atom. The second-order valence-corrected chi connectivity index (χ2v) is 4.89. The van der Waals surface area contributed by atoms with Gasteiger partial charge in [0.15, 0.2) is 0 Å². The van der Waals surface area contributed by atoms with E-state index in [1.807, 2.05) is 31.2 Å². The van der Waals surface area contributed by atoms with Gasteiger partial charge < -0.3 is 19.8 Å². The minimum atomic E-state index is -0.555. The third-order valence-corrected chi connectivity index (χ3v) is 3.50. The fraction of sp³-hybridized carbons (Fsp3) is 0.188. The van der Waals surface area contributed by atoms with E-state index in [0.717, 1.165) is 16.6 Å². The summed E-state index contributed by atoms with van der Waals surface area (Å²) in [5.41, 5.74) is 2.30. The number of fused-ring (bicyclic) bond motifs is 1. The highest BCUT2D eigenvalue weighted by Crippen LogP contribution is 2.23. The van der Waals surface area contributed by atoms with Crippen molar-refractivity contribution in [3.63, 3.8) is 0 Å². The third kappa shape index (κ3) is 2.43. The van der Waals surface area contributed by atoms with Gasteiger partial charge in [-0.1, -0.05) is 18.2 Å². The van der Waals surface area contributed by atoms with Crippen molar-refractivity contribution in [2.45, 2.75) is 13.0 Å². The van der Waals surface area contributed by atoms with Gasteiger partial charge in [-0.05, 0) is 25.1 Å². The van der Waals surface area contributed by atoms with Crippen molar-refractivity contribution in [3.05, 3.63) is 59.7 Å². The molecule has 1 atom stereocenters. The van der Waals surface area contributed by atoms with E-state index in [1.165, 1.54) is 6.26 Å². The zero-order valence-electron chi connectivity index (χ0n) is 11.6. The van der Waals surface area contributed by atoms with Crippen LogP contribution in [0.2, 0.25) is 0 Å². The van der Waals surface area contributed by atoms with Gasteiger partial charge in [0.05, 0.1) is 18.4 Å². The van der Waals surface area contributed by atoms with E-state index in [1.54, 1.807) is 12.1 Å². The molecule has 0 aliphatic heterocycles. The normalized spacial score (nSPS) is 12.5. The fourth-order valence-corrected chi connectivity index (χ4v) is 2.50. The van der Waals surface area contributed by atoms with Crippen molar-refractivity contribution in [3.8, 4) is 0 Å². The van der Waals surface area contributed by atoms with Gasteiger partial charge in [0, 0.05) is 16.6 Å². The van der Waals surface area contributed by atoms with Crippen molar-refractivity contribution < 1.29 is 14.3 Å². The molecule has 21 heavy (non-hydrogen) atoms. The number of rotatable bonds is 4. The zero-order valence-corrected chi connectivity index (χ0v) is 11.6. The summed E-state index contributed by atoms with van der Waals surface area (Å²) < 4.78 is 5.24. The first-order valence-corrected chi connectivity index (χ1v) is 6.73. The van der Waals surface area contributed by atoms with Gasteiger partial charge in [0.1, 0.15) is 11.8 Å². The van der Waals surface area contributed by atoms with E-state index in [2.05, 4.69) is 10.3 Å². The number of hydrogen-bond acceptors (Lipinski definition) is 3. The zero-order chi connectivity index (χ0) is 14.8. The van der Waals surface area contributed by atoms with Crippen LogP contribution in [0.25, 0.3) is 10.9 Å². The van der Waals surface area contributed by atoms with Crippen LogP contribution in [0.4, 0.5) is 0 Å². The lowest BCUT2D eigenvalue weighted by Gasteiger charge is -2.14. The number of aromatic nitrogens is 1. The number of aliphatic hydroxyl groups is 1. The first kappa shape index (κ1) is 13.5. The molecule has 5 heteroatoms. The highest BCUT2D eigenvalue weighted by Gasteiger charge is 2.21. The molecular weight excluding hydrogens is 268 g/mol. The van der Waals surface area contributed by atoms with E-state index in [0.29, 0.717) is 11.3 Å². The van der Waals surface area contributed by atoms with Gasteiger partial charge in [-0.3, -0.25) is 4.79 Å². The molecule has 0 saturated heterocycles. The molecule has 1 unspecified atom stereocenters. The topological polar surface area (TPSA) is 78.3 Å². The number of furan rings is 1. The SMILES string of the molecule is Cc1[nH]c2ccccc2c1C(=O)NC(CO)c1ccco1. The Labute approximate surface area is 121 Å². The molecule has 108 valence electrons. The summed E-state index contributed by atoms with van der Waals surface area (Å²) in [6.07, 6.45) is 1.51. The molecule has 3 aromatic rings. The molecule has 1 amide bonds. The Hall–Kier alpha value is -2.53. The molecule has 3 rings (SSSR count). The predicted octanol–water partition coefficient (Wildman–Crippen LogP) is 2.53. The second kappa shape index (κ2) is 5.46. The van der Waals surface area contributed by atoms with Crippen LogP contribution in [0.5, 0.6) is 0 Å². The average molecular weight is 284 g/mol. The molecule has 0 aliphatic carbocycles. The van der Waals surface area contributed by atoms with Crippen LogP contribution in [0.1, 0.15) is 27.9 Å². The van der Waals surface area contributed by atoms with Gasteiger partial charge >= 0.3 is 0 Å². The number of para-hydroxylation sites is 1. The molecule has 0 spiro atoms. The minimum Gasteiger partial charge on any atom is -0.467 e. The number of nitrogens with one attached hydrogen (secondary N) is 2. The highest BCUT2D eigenvalue weighted by molar-refractivity contribution is 6.08. The second-order valence-electron chi connectivity index (χ2n) is 4.89. The molecule has 2 heterocycles. The monoisotopic (exact) mass is 284 g/mol. The Balaban J connectivity index is 1.92. The first-order valence-electron chi connectivity index (χ1n) is 6.73. The van der Waals surface area contributed by atoms with Crippen LogP contribution >= 0.6 is 0 Å². The Kier molecular flexibility index (Phi) is 3.50. The molecular formula is C16H16N2O3. The molecule has 0 aliphatic rings. The lowest BCUT2D eigenvalue weighted by atomic mass is 10.1. The van der Waals surface area contributed by atoms with E-state index in [9.17, 15) is 9.90 Å². The molecule has 5 nitrogen and oxygen atoms in total. The van der Waals surface area contributed by atoms with Crippen LogP contribution in [0.3, 0.4) is 0 Å². The molecule has 0 saturated carbocycles. The summed E-state index contributed by atoms with van der Waals surface area (Å²) in [6.45, 7) is 1.64. The number of carbonyl (C=O) groups is 1. The number of aromatic amines is 1. The van der Waals surface area contributed by atoms with Crippen LogP contribution < -0.4 is 5.32 Å². The maximum absolute atomic E-state index is 12.5. The summed E-state index contributed by atoms with van der Waals surface area (Å²) in [5, 5.41) is 13.1. The van der Waals surface area contributed by atoms with E-state index in [4.69, 9.17) is 4.42 Å². The lowest BCUT2D eigenvalue weighted by molar-refractivity contribution is 0.0908. The summed E-state index contributed by atoms with van der Waals surface area (Å²) in [6, 6.07) is 10.5. The Morgan fingerprint density at radius 1 is 1.33 bits per heavy atom. The van der Waals surface area contributed by atoms with Crippen molar-refractivity contribution in [2.24, 2.45) is 0 Å². The number of aryl methyl sites for hydroxylation is 1. The molecule has 0 bridgehead atoms. The van der Waals surface area contributed by atoms with Gasteiger partial charge in [0.25, 0.3) is 5.91 Å². The predicted molar refractivity (Wildman–Crippen MR) is 79.0 cm³/mol. The highest BCUT2D eigenvalue weighted by atomic mass is 16.3. The maximum atomic E-state index is 12.5. The molecule has 0 radical (unpaired) electrons. The number of H-pyrrole nitrogens is 1. The average Bonchev–Trinajstić information content (AvgIpc) is 3.10. The summed E-state index contributed by atoms with van der Waals surface area (Å²) >= 11 is 0.